The minimum absolute atomic E-state index is 0.147. The van der Waals surface area contributed by atoms with Crippen LogP contribution in [0.2, 0.25) is 0 Å². The Morgan fingerprint density at radius 2 is 1.61 bits per heavy atom. The number of aliphatic hydroxyl groups is 3. The predicted octanol–water partition coefficient (Wildman–Crippen LogP) is 5.66. The van der Waals surface area contributed by atoms with E-state index in [0.717, 1.165) is 10.4 Å². The van der Waals surface area contributed by atoms with E-state index in [1.807, 2.05) is 107 Å². The number of nitrogens with zero attached hydrogens (tertiary/aromatic N) is 2. The van der Waals surface area contributed by atoms with Gasteiger partial charge >= 0.3 is 18.2 Å². The van der Waals surface area contributed by atoms with Gasteiger partial charge in [0.05, 0.1) is 43.0 Å². The average Bonchev–Trinajstić information content (AvgIpc) is 3.89. The normalized spacial score (nSPS) is 35.1. The molecule has 3 saturated heterocycles. The van der Waals surface area contributed by atoms with Gasteiger partial charge in [0, 0.05) is 53.9 Å². The van der Waals surface area contributed by atoms with E-state index in [-0.39, 0.29) is 43.9 Å². The van der Waals surface area contributed by atoms with Crippen LogP contribution in [-0.4, -0.2) is 176 Å². The molecule has 0 spiro atoms. The molecule has 20 nitrogen and oxygen atoms in total. The maximum absolute atomic E-state index is 14.8. The molecular formula is C55H87N5O15S. The minimum Gasteiger partial charge on any atom is -0.497 e. The number of hydrazine groups is 1. The van der Waals surface area contributed by atoms with Crippen molar-refractivity contribution in [3.05, 3.63) is 58.3 Å². The molecule has 0 aliphatic carbocycles. The summed E-state index contributed by atoms with van der Waals surface area (Å²) in [4.78, 5) is 58.6. The number of carbonyl (C=O) groups is 4. The van der Waals surface area contributed by atoms with Gasteiger partial charge in [-0.15, -0.1) is 11.3 Å². The van der Waals surface area contributed by atoms with Crippen LogP contribution in [0.3, 0.4) is 0 Å². The zero-order valence-electron chi connectivity index (χ0n) is 46.9. The molecule has 2 aromatic rings. The van der Waals surface area contributed by atoms with Crippen molar-refractivity contribution in [3.63, 3.8) is 0 Å². The lowest BCUT2D eigenvalue weighted by Gasteiger charge is -2.49. The standard InChI is InChI=1S/C55H87N5O15S/c1-15-41-45(63)47(73-52(65)56-25-24-37-18-20-38(68-14)21-19-37)35(6)60(13)30-31(2)28-55(10,67)48(74-51-44(62)40(59(11)12)27-32(3)69-51)33(4)46(34(5)50(64)71-41)72-43-29-54(8,9)49(36(7)70-43)75-53(66)58-57-42(61)23-22-39-17-16-26-76-39/h16-23,26,31-36,40-41,43-49,51,62-63,67H,15,24-25,27-30H2,1-14H3,(H,56,65)(H,57,61)(H,58,66)/b23-22+/t31-,32-,33+,34-,35-,36+,40+,41-,43?,44-,45+,46+,47-,48-,49+,51+,55+/m1/s1. The molecule has 3 aliphatic rings. The van der Waals surface area contributed by atoms with E-state index >= 15 is 0 Å². The van der Waals surface area contributed by atoms with E-state index < -0.39 is 114 Å². The first-order chi connectivity index (χ1) is 35.7. The van der Waals surface area contributed by atoms with Crippen molar-refractivity contribution >= 4 is 41.5 Å². The zero-order valence-corrected chi connectivity index (χ0v) is 47.7. The summed E-state index contributed by atoms with van der Waals surface area (Å²) in [5.74, 6) is -2.82. The van der Waals surface area contributed by atoms with E-state index in [4.69, 9.17) is 37.9 Å². The van der Waals surface area contributed by atoms with Crippen LogP contribution >= 0.6 is 11.3 Å². The lowest BCUT2D eigenvalue weighted by molar-refractivity contribution is -0.312. The number of aliphatic hydroxyl groups excluding tert-OH is 2. The molecule has 428 valence electrons. The fourth-order valence-electron chi connectivity index (χ4n) is 10.9. The number of ether oxygens (including phenoxy) is 8. The maximum atomic E-state index is 14.8. The number of methoxy groups -OCH3 is 1. The van der Waals surface area contributed by atoms with E-state index in [9.17, 15) is 34.5 Å². The Balaban J connectivity index is 1.44. The quantitative estimate of drug-likeness (QED) is 0.0579. The van der Waals surface area contributed by atoms with Crippen molar-refractivity contribution in [2.45, 2.75) is 187 Å². The third kappa shape index (κ3) is 17.0. The number of carbonyl (C=O) groups excluding carboxylic acids is 4. The van der Waals surface area contributed by atoms with Crippen molar-refractivity contribution in [2.24, 2.45) is 23.2 Å². The van der Waals surface area contributed by atoms with Gasteiger partial charge in [-0.2, -0.15) is 0 Å². The Hall–Kier alpha value is -4.42. The van der Waals surface area contributed by atoms with Crippen LogP contribution in [0.15, 0.2) is 47.9 Å². The summed E-state index contributed by atoms with van der Waals surface area (Å²) in [6, 6.07) is 10.2. The fourth-order valence-corrected chi connectivity index (χ4v) is 11.5. The SMILES string of the molecule is CC[C@H]1OC(=O)[C@H](C)[C@@H](OC2CC(C)(C)[C@@H](OC(=O)NNC(=O)/C=C/c3cccs3)[C@H](C)O2)[C@H](C)[C@@H](O[C@@H]2O[C@H](C)C[C@H](N(C)C)[C@H]2O)[C@@](C)(O)C[C@@H](C)CN(C)[C@H](C)[C@@H](OC(=O)NCCc2ccc(OC)cc2)[C@H]1O. The zero-order chi connectivity index (χ0) is 56.2. The highest BCUT2D eigenvalue weighted by atomic mass is 32.1. The number of nitrogens with one attached hydrogen (secondary N) is 3. The summed E-state index contributed by atoms with van der Waals surface area (Å²) in [5.41, 5.74) is 3.12. The Labute approximate surface area is 453 Å². The highest BCUT2D eigenvalue weighted by molar-refractivity contribution is 7.10. The number of cyclic esters (lactones) is 1. The molecule has 17 atom stereocenters. The maximum Gasteiger partial charge on any atom is 0.426 e. The van der Waals surface area contributed by atoms with Crippen LogP contribution < -0.4 is 20.9 Å². The van der Waals surface area contributed by atoms with E-state index in [0.29, 0.717) is 25.1 Å². The summed E-state index contributed by atoms with van der Waals surface area (Å²) in [7, 11) is 7.16. The second-order valence-electron chi connectivity index (χ2n) is 22.2. The number of alkyl carbamates (subject to hydrolysis) is 1. The van der Waals surface area contributed by atoms with Crippen molar-refractivity contribution in [1.82, 2.24) is 26.0 Å². The Bertz CT molecular complexity index is 2180. The summed E-state index contributed by atoms with van der Waals surface area (Å²) in [6.45, 7) is 18.6. The van der Waals surface area contributed by atoms with Crippen LogP contribution in [0.1, 0.15) is 105 Å². The van der Waals surface area contributed by atoms with E-state index in [1.54, 1.807) is 47.8 Å². The van der Waals surface area contributed by atoms with Crippen LogP contribution in [0.5, 0.6) is 5.75 Å². The van der Waals surface area contributed by atoms with Gasteiger partial charge in [0.1, 0.15) is 36.3 Å². The molecule has 4 heterocycles. The monoisotopic (exact) mass is 1090 g/mol. The summed E-state index contributed by atoms with van der Waals surface area (Å²) >= 11 is 1.46. The molecule has 1 aromatic heterocycles. The minimum atomic E-state index is -1.67. The second kappa shape index (κ2) is 27.9. The number of hydrogen-bond donors (Lipinski definition) is 6. The lowest BCUT2D eigenvalue weighted by Crippen LogP contribution is -2.60. The first-order valence-corrected chi connectivity index (χ1v) is 27.5. The molecule has 0 radical (unpaired) electrons. The van der Waals surface area contributed by atoms with Gasteiger partial charge < -0.3 is 63.4 Å². The van der Waals surface area contributed by atoms with Crippen molar-refractivity contribution < 1.29 is 72.4 Å². The van der Waals surface area contributed by atoms with Gasteiger partial charge in [0.15, 0.2) is 12.6 Å². The summed E-state index contributed by atoms with van der Waals surface area (Å²) in [5, 5.41) is 41.6. The fraction of sp³-hybridized carbons (Fsp3) is 0.709. The van der Waals surface area contributed by atoms with E-state index in [1.165, 1.54) is 17.4 Å². The summed E-state index contributed by atoms with van der Waals surface area (Å²) < 4.78 is 49.9. The average molecular weight is 1090 g/mol. The van der Waals surface area contributed by atoms with Gasteiger partial charge in [-0.3, -0.25) is 19.9 Å². The van der Waals surface area contributed by atoms with Crippen LogP contribution in [0, 0.1) is 23.2 Å². The van der Waals surface area contributed by atoms with Crippen molar-refractivity contribution in [2.75, 3.05) is 41.3 Å². The Morgan fingerprint density at radius 3 is 2.22 bits per heavy atom. The molecule has 76 heavy (non-hydrogen) atoms. The highest BCUT2D eigenvalue weighted by Gasteiger charge is 2.52. The van der Waals surface area contributed by atoms with Crippen LogP contribution in [0.4, 0.5) is 9.59 Å². The van der Waals surface area contributed by atoms with Gasteiger partial charge in [-0.1, -0.05) is 52.8 Å². The van der Waals surface area contributed by atoms with Crippen molar-refractivity contribution in [1.29, 1.82) is 0 Å². The van der Waals surface area contributed by atoms with Crippen LogP contribution in [0.25, 0.3) is 6.08 Å². The number of hydrogen-bond acceptors (Lipinski definition) is 18. The van der Waals surface area contributed by atoms with Crippen LogP contribution in [-0.2, 0) is 49.2 Å². The molecule has 6 N–H and O–H groups in total. The van der Waals surface area contributed by atoms with Gasteiger partial charge in [-0.25, -0.2) is 15.0 Å². The largest absolute Gasteiger partial charge is 0.497 e. The molecule has 1 aromatic carbocycles. The molecule has 5 rings (SSSR count). The number of likely N-dealkylation sites (N-methyl/N-ethyl adjacent to an activating group) is 2. The molecule has 21 heteroatoms. The number of benzene rings is 1. The number of amides is 3. The molecule has 0 saturated carbocycles. The number of thiophene rings is 1. The number of esters is 1. The molecule has 0 bridgehead atoms. The third-order valence-electron chi connectivity index (χ3n) is 15.1. The second-order valence-corrected chi connectivity index (χ2v) is 23.2. The molecule has 3 aliphatic heterocycles. The van der Waals surface area contributed by atoms with E-state index in [2.05, 4.69) is 16.2 Å². The smallest absolute Gasteiger partial charge is 0.426 e. The first kappa shape index (κ1) is 62.4. The molecule has 3 amide bonds. The van der Waals surface area contributed by atoms with Gasteiger partial charge in [-0.05, 0) is 123 Å². The third-order valence-corrected chi connectivity index (χ3v) is 15.9. The lowest BCUT2D eigenvalue weighted by atomic mass is 9.77. The molecule has 3 fully saturated rings. The predicted molar refractivity (Wildman–Crippen MR) is 286 cm³/mol. The summed E-state index contributed by atoms with van der Waals surface area (Å²) in [6.07, 6.45) is -8.58. The van der Waals surface area contributed by atoms with Gasteiger partial charge in [0.25, 0.3) is 5.91 Å². The van der Waals surface area contributed by atoms with Gasteiger partial charge in [0.2, 0.25) is 0 Å². The topological polar surface area (TPSA) is 245 Å². The highest BCUT2D eigenvalue weighted by Crippen LogP contribution is 2.42. The van der Waals surface area contributed by atoms with Crippen molar-refractivity contribution in [3.8, 4) is 5.75 Å². The Kier molecular flexibility index (Phi) is 23.0. The molecule has 1 unspecified atom stereocenters. The number of rotatable bonds is 14. The first-order valence-electron chi connectivity index (χ1n) is 26.6. The molecular weight excluding hydrogens is 1000 g/mol. The Morgan fingerprint density at radius 1 is 0.908 bits per heavy atom.